The fourth-order valence-corrected chi connectivity index (χ4v) is 5.66. The molecule has 1 heterocycles. The number of hydrogen-bond acceptors (Lipinski definition) is 7. The van der Waals surface area contributed by atoms with E-state index in [1.807, 2.05) is 12.1 Å². The summed E-state index contributed by atoms with van der Waals surface area (Å²) < 4.78 is 16.8. The van der Waals surface area contributed by atoms with Gasteiger partial charge in [0.1, 0.15) is 11.9 Å². The number of aliphatic hydroxyl groups excluding tert-OH is 1. The molecule has 8 heteroatoms. The van der Waals surface area contributed by atoms with Crippen molar-refractivity contribution in [2.45, 2.75) is 49.7 Å². The van der Waals surface area contributed by atoms with Crippen molar-refractivity contribution in [3.05, 3.63) is 35.1 Å². The first kappa shape index (κ1) is 21.6. The van der Waals surface area contributed by atoms with Gasteiger partial charge < -0.3 is 29.3 Å². The van der Waals surface area contributed by atoms with Crippen molar-refractivity contribution in [1.82, 2.24) is 4.90 Å². The van der Waals surface area contributed by atoms with Crippen molar-refractivity contribution in [2.75, 3.05) is 27.8 Å². The van der Waals surface area contributed by atoms with E-state index in [-0.39, 0.29) is 24.8 Å². The average molecular weight is 431 g/mol. The second-order valence-corrected chi connectivity index (χ2v) is 8.68. The van der Waals surface area contributed by atoms with Gasteiger partial charge in [-0.3, -0.25) is 9.59 Å². The molecule has 1 aromatic rings. The third-order valence-electron chi connectivity index (χ3n) is 7.11. The van der Waals surface area contributed by atoms with Gasteiger partial charge in [-0.25, -0.2) is 0 Å². The molecule has 1 saturated heterocycles. The molecule has 1 aromatic carbocycles. The lowest BCUT2D eigenvalue weighted by atomic mass is 9.53. The summed E-state index contributed by atoms with van der Waals surface area (Å²) in [5, 5.41) is 19.7. The van der Waals surface area contributed by atoms with Gasteiger partial charge in [0.05, 0.1) is 27.1 Å². The molecule has 1 fully saturated rings. The van der Waals surface area contributed by atoms with Gasteiger partial charge in [0, 0.05) is 22.9 Å². The first-order valence-corrected chi connectivity index (χ1v) is 10.6. The molecule has 1 aliphatic heterocycles. The Morgan fingerprint density at radius 1 is 1.23 bits per heavy atom. The standard InChI is InChI=1S/C23H29NO7/c1-24-9-8-23-12-16(25)18(30-3)11-14(23)15(24)10-13-4-5-17(29-2)22(21(13)23)31-20(28)7-6-19(26)27/h4-5,11,14-16,25H,6-10,12H2,1-3H3,(H,26,27)/t14-,15+,16?,23-/m0/s1. The van der Waals surface area contributed by atoms with Crippen LogP contribution in [0.1, 0.15) is 36.8 Å². The van der Waals surface area contributed by atoms with E-state index in [0.717, 1.165) is 30.5 Å². The zero-order valence-corrected chi connectivity index (χ0v) is 18.1. The topological polar surface area (TPSA) is 106 Å². The van der Waals surface area contributed by atoms with Crippen LogP contribution in [0.3, 0.4) is 0 Å². The number of likely N-dealkylation sites (tertiary alicyclic amines) is 1. The minimum Gasteiger partial charge on any atom is -0.499 e. The van der Waals surface area contributed by atoms with Crippen molar-refractivity contribution in [3.8, 4) is 11.5 Å². The molecular formula is C23H29NO7. The van der Waals surface area contributed by atoms with Crippen LogP contribution in [0, 0.1) is 5.92 Å². The maximum Gasteiger partial charge on any atom is 0.311 e. The highest BCUT2D eigenvalue weighted by molar-refractivity contribution is 5.79. The number of rotatable bonds is 6. The molecule has 2 aliphatic carbocycles. The number of carboxylic acids is 1. The van der Waals surface area contributed by atoms with Gasteiger partial charge in [0.15, 0.2) is 11.5 Å². The predicted molar refractivity (Wildman–Crippen MR) is 111 cm³/mol. The Morgan fingerprint density at radius 2 is 2.00 bits per heavy atom. The quantitative estimate of drug-likeness (QED) is 0.520. The highest BCUT2D eigenvalue weighted by Gasteiger charge is 2.56. The second-order valence-electron chi connectivity index (χ2n) is 8.68. The van der Waals surface area contributed by atoms with Crippen LogP contribution in [0.25, 0.3) is 0 Å². The van der Waals surface area contributed by atoms with Crippen LogP contribution < -0.4 is 9.47 Å². The van der Waals surface area contributed by atoms with E-state index < -0.39 is 23.5 Å². The Balaban J connectivity index is 1.84. The number of carbonyl (C=O) groups excluding carboxylic acids is 1. The fourth-order valence-electron chi connectivity index (χ4n) is 5.66. The smallest absolute Gasteiger partial charge is 0.311 e. The number of carbonyl (C=O) groups is 2. The summed E-state index contributed by atoms with van der Waals surface area (Å²) >= 11 is 0. The lowest BCUT2D eigenvalue weighted by Gasteiger charge is -2.57. The summed E-state index contributed by atoms with van der Waals surface area (Å²) in [5.41, 5.74) is 1.54. The number of ether oxygens (including phenoxy) is 3. The molecule has 3 aliphatic rings. The minimum absolute atomic E-state index is 0.0840. The maximum atomic E-state index is 12.5. The van der Waals surface area contributed by atoms with E-state index in [1.165, 1.54) is 7.11 Å². The molecule has 168 valence electrons. The van der Waals surface area contributed by atoms with Crippen LogP contribution in [0.4, 0.5) is 0 Å². The first-order valence-electron chi connectivity index (χ1n) is 10.6. The Morgan fingerprint density at radius 3 is 2.68 bits per heavy atom. The highest BCUT2D eigenvalue weighted by Crippen LogP contribution is 2.58. The third kappa shape index (κ3) is 3.57. The van der Waals surface area contributed by atoms with Gasteiger partial charge in [0.25, 0.3) is 0 Å². The van der Waals surface area contributed by atoms with Crippen LogP contribution >= 0.6 is 0 Å². The van der Waals surface area contributed by atoms with Crippen molar-refractivity contribution in [2.24, 2.45) is 5.92 Å². The molecule has 0 radical (unpaired) electrons. The van der Waals surface area contributed by atoms with Gasteiger partial charge in [-0.15, -0.1) is 0 Å². The molecule has 8 nitrogen and oxygen atoms in total. The van der Waals surface area contributed by atoms with E-state index in [0.29, 0.717) is 23.7 Å². The van der Waals surface area contributed by atoms with E-state index in [9.17, 15) is 14.7 Å². The Bertz CT molecular complexity index is 927. The molecule has 1 unspecified atom stereocenters. The van der Waals surface area contributed by atoms with E-state index >= 15 is 0 Å². The van der Waals surface area contributed by atoms with Gasteiger partial charge in [0.2, 0.25) is 0 Å². The molecule has 0 aromatic heterocycles. The van der Waals surface area contributed by atoms with E-state index in [2.05, 4.69) is 11.9 Å². The average Bonchev–Trinajstić information content (AvgIpc) is 2.74. The first-order chi connectivity index (χ1) is 14.8. The number of carboxylic acid groups (broad SMARTS) is 1. The molecule has 31 heavy (non-hydrogen) atoms. The summed E-state index contributed by atoms with van der Waals surface area (Å²) in [6.45, 7) is 0.854. The van der Waals surface area contributed by atoms with Crippen LogP contribution in [-0.2, 0) is 26.2 Å². The lowest BCUT2D eigenvalue weighted by molar-refractivity contribution is -0.142. The van der Waals surface area contributed by atoms with Crippen molar-refractivity contribution in [1.29, 1.82) is 0 Å². The number of aliphatic carboxylic acids is 1. The fraction of sp³-hybridized carbons (Fsp3) is 0.565. The summed E-state index contributed by atoms with van der Waals surface area (Å²) in [7, 11) is 5.20. The second kappa shape index (κ2) is 8.16. The predicted octanol–water partition coefficient (Wildman–Crippen LogP) is 1.87. The molecule has 2 N–H and O–H groups in total. The van der Waals surface area contributed by atoms with Crippen molar-refractivity contribution >= 4 is 11.9 Å². The Hall–Kier alpha value is -2.58. The van der Waals surface area contributed by atoms with Crippen LogP contribution in [0.2, 0.25) is 0 Å². The number of likely N-dealkylation sites (N-methyl/N-ethyl adjacent to an activating group) is 1. The zero-order chi connectivity index (χ0) is 22.3. The van der Waals surface area contributed by atoms with Gasteiger partial charge in [-0.2, -0.15) is 0 Å². The number of nitrogens with zero attached hydrogens (tertiary/aromatic N) is 1. The number of piperidine rings is 1. The Labute approximate surface area is 181 Å². The number of aliphatic hydroxyl groups is 1. The maximum absolute atomic E-state index is 12.5. The molecule has 4 rings (SSSR count). The number of methoxy groups -OCH3 is 2. The summed E-state index contributed by atoms with van der Waals surface area (Å²) in [6.07, 6.45) is 2.78. The molecule has 4 atom stereocenters. The van der Waals surface area contributed by atoms with Crippen molar-refractivity contribution in [3.63, 3.8) is 0 Å². The number of benzene rings is 1. The summed E-state index contributed by atoms with van der Waals surface area (Å²) in [4.78, 5) is 25.7. The van der Waals surface area contributed by atoms with Gasteiger partial charge in [-0.1, -0.05) is 6.07 Å². The zero-order valence-electron chi connectivity index (χ0n) is 18.1. The molecule has 2 bridgehead atoms. The third-order valence-corrected chi connectivity index (χ3v) is 7.11. The minimum atomic E-state index is -1.05. The lowest BCUT2D eigenvalue weighted by Crippen LogP contribution is -2.60. The van der Waals surface area contributed by atoms with E-state index in [4.69, 9.17) is 19.3 Å². The van der Waals surface area contributed by atoms with E-state index in [1.54, 1.807) is 13.2 Å². The molecular weight excluding hydrogens is 402 g/mol. The molecule has 0 saturated carbocycles. The molecule has 0 amide bonds. The summed E-state index contributed by atoms with van der Waals surface area (Å²) in [6, 6.07) is 4.04. The van der Waals surface area contributed by atoms with Gasteiger partial charge >= 0.3 is 11.9 Å². The number of esters is 1. The van der Waals surface area contributed by atoms with Crippen LogP contribution in [0.5, 0.6) is 11.5 Å². The van der Waals surface area contributed by atoms with Gasteiger partial charge in [-0.05, 0) is 50.6 Å². The SMILES string of the molecule is COC1=C[C@H]2[C@H]3Cc4ccc(OC)c(OC(=O)CCC(=O)O)c4[C@@]2(CCN3C)CC1O. The Kier molecular flexibility index (Phi) is 5.70. The number of fused-ring (bicyclic) bond motifs is 1. The summed E-state index contributed by atoms with van der Waals surface area (Å²) in [5.74, 6) is -0.216. The van der Waals surface area contributed by atoms with Crippen LogP contribution in [0.15, 0.2) is 24.0 Å². The highest BCUT2D eigenvalue weighted by atomic mass is 16.6. The monoisotopic (exact) mass is 431 g/mol. The number of hydrogen-bond donors (Lipinski definition) is 2. The largest absolute Gasteiger partial charge is 0.499 e. The van der Waals surface area contributed by atoms with Crippen LogP contribution in [-0.4, -0.2) is 67.0 Å². The van der Waals surface area contributed by atoms with Crippen molar-refractivity contribution < 1.29 is 34.0 Å². The normalized spacial score (nSPS) is 29.3. The molecule has 0 spiro atoms.